The fourth-order valence-electron chi connectivity index (χ4n) is 2.82. The molecule has 3 rings (SSSR count). The Morgan fingerprint density at radius 3 is 2.78 bits per heavy atom. The number of nitrogens with zero attached hydrogens (tertiary/aromatic N) is 1. The summed E-state index contributed by atoms with van der Waals surface area (Å²) >= 11 is 1.56. The van der Waals surface area contributed by atoms with Crippen LogP contribution in [0, 0.1) is 13.8 Å². The number of thiophene rings is 1. The van der Waals surface area contributed by atoms with Crippen molar-refractivity contribution >= 4 is 23.2 Å². The lowest BCUT2D eigenvalue weighted by atomic mass is 10.2. The predicted molar refractivity (Wildman–Crippen MR) is 103 cm³/mol. The molecule has 3 aromatic heterocycles. The second-order valence-corrected chi connectivity index (χ2v) is 7.33. The highest BCUT2D eigenvalue weighted by atomic mass is 32.1. The summed E-state index contributed by atoms with van der Waals surface area (Å²) in [4.78, 5) is 25.8. The van der Waals surface area contributed by atoms with Gasteiger partial charge < -0.3 is 19.0 Å². The first-order chi connectivity index (χ1) is 13.0. The van der Waals surface area contributed by atoms with E-state index < -0.39 is 12.1 Å². The second-order valence-electron chi connectivity index (χ2n) is 6.30. The molecular formula is C20H22N2O4S. The van der Waals surface area contributed by atoms with Crippen molar-refractivity contribution < 1.29 is 18.7 Å². The number of hydrogen-bond acceptors (Lipinski definition) is 5. The van der Waals surface area contributed by atoms with Crippen molar-refractivity contribution in [2.24, 2.45) is 0 Å². The summed E-state index contributed by atoms with van der Waals surface area (Å²) in [6, 6.07) is 9.35. The quantitative estimate of drug-likeness (QED) is 0.629. The van der Waals surface area contributed by atoms with Gasteiger partial charge in [0.1, 0.15) is 5.76 Å². The molecule has 0 saturated heterocycles. The van der Waals surface area contributed by atoms with Crippen LogP contribution < -0.4 is 5.32 Å². The number of hydrogen-bond donors (Lipinski definition) is 1. The number of aromatic nitrogens is 1. The number of carbonyl (C=O) groups is 2. The number of carbonyl (C=O) groups excluding carboxylic acids is 2. The lowest BCUT2D eigenvalue weighted by Gasteiger charge is -2.13. The highest BCUT2D eigenvalue weighted by Crippen LogP contribution is 2.19. The highest BCUT2D eigenvalue weighted by Gasteiger charge is 2.22. The van der Waals surface area contributed by atoms with Crippen LogP contribution in [0.15, 0.2) is 46.4 Å². The molecule has 0 unspecified atom stereocenters. The maximum absolute atomic E-state index is 12.5. The molecule has 0 bridgehead atoms. The Kier molecular flexibility index (Phi) is 5.81. The minimum atomic E-state index is -0.870. The second kappa shape index (κ2) is 8.26. The molecule has 0 saturated carbocycles. The van der Waals surface area contributed by atoms with Gasteiger partial charge in [-0.2, -0.15) is 0 Å². The van der Waals surface area contributed by atoms with Crippen molar-refractivity contribution in [3.63, 3.8) is 0 Å². The Morgan fingerprint density at radius 1 is 1.30 bits per heavy atom. The SMILES string of the molecule is Cc1cc(C(=O)O[C@H](C)C(=O)NCc2cccs2)c(C)n1Cc1ccco1. The Hall–Kier alpha value is -2.80. The first-order valence-corrected chi connectivity index (χ1v) is 9.54. The average molecular weight is 386 g/mol. The summed E-state index contributed by atoms with van der Waals surface area (Å²) in [6.07, 6.45) is 0.750. The van der Waals surface area contributed by atoms with Crippen molar-refractivity contribution in [1.29, 1.82) is 0 Å². The summed E-state index contributed by atoms with van der Waals surface area (Å²) in [5.74, 6) is -0.0215. The first kappa shape index (κ1) is 19.0. The fourth-order valence-corrected chi connectivity index (χ4v) is 3.46. The third kappa shape index (κ3) is 4.49. The third-order valence-corrected chi connectivity index (χ3v) is 5.23. The Morgan fingerprint density at radius 2 is 2.11 bits per heavy atom. The maximum Gasteiger partial charge on any atom is 0.340 e. The molecule has 142 valence electrons. The molecule has 3 heterocycles. The van der Waals surface area contributed by atoms with Gasteiger partial charge in [0.05, 0.1) is 24.9 Å². The molecule has 0 radical (unpaired) electrons. The summed E-state index contributed by atoms with van der Waals surface area (Å²) in [5, 5.41) is 4.73. The van der Waals surface area contributed by atoms with Gasteiger partial charge in [0.2, 0.25) is 0 Å². The molecule has 0 aliphatic heterocycles. The zero-order valence-corrected chi connectivity index (χ0v) is 16.3. The number of aryl methyl sites for hydroxylation is 1. The number of rotatable bonds is 7. The molecule has 1 N–H and O–H groups in total. The molecule has 0 fully saturated rings. The van der Waals surface area contributed by atoms with E-state index in [2.05, 4.69) is 5.32 Å². The lowest BCUT2D eigenvalue weighted by molar-refractivity contribution is -0.129. The van der Waals surface area contributed by atoms with E-state index in [1.807, 2.05) is 48.1 Å². The molecule has 1 amide bonds. The standard InChI is InChI=1S/C20H22N2O4S/c1-13-10-18(14(2)22(13)12-16-6-4-8-25-16)20(24)26-15(3)19(23)21-11-17-7-5-9-27-17/h4-10,15H,11-12H2,1-3H3,(H,21,23)/t15-/m1/s1. The van der Waals surface area contributed by atoms with Gasteiger partial charge in [-0.1, -0.05) is 6.07 Å². The van der Waals surface area contributed by atoms with Crippen LogP contribution >= 0.6 is 11.3 Å². The van der Waals surface area contributed by atoms with Crippen molar-refractivity contribution in [1.82, 2.24) is 9.88 Å². The molecular weight excluding hydrogens is 364 g/mol. The number of nitrogens with one attached hydrogen (secondary N) is 1. The largest absolute Gasteiger partial charge is 0.467 e. The Labute approximate surface area is 161 Å². The van der Waals surface area contributed by atoms with Crippen molar-refractivity contribution in [2.75, 3.05) is 0 Å². The minimum absolute atomic E-state index is 0.318. The van der Waals surface area contributed by atoms with Crippen LogP contribution in [0.1, 0.15) is 39.3 Å². The molecule has 0 aliphatic rings. The van der Waals surface area contributed by atoms with Gasteiger partial charge in [-0.15, -0.1) is 11.3 Å². The average Bonchev–Trinajstić information content (AvgIpc) is 3.38. The summed E-state index contributed by atoms with van der Waals surface area (Å²) in [6.45, 7) is 6.31. The van der Waals surface area contributed by atoms with E-state index >= 15 is 0 Å². The number of esters is 1. The zero-order chi connectivity index (χ0) is 19.4. The Bertz CT molecular complexity index is 910. The molecule has 0 aliphatic carbocycles. The van der Waals surface area contributed by atoms with Crippen molar-refractivity contribution in [3.8, 4) is 0 Å². The van der Waals surface area contributed by atoms with Gasteiger partial charge in [0.25, 0.3) is 5.91 Å². The van der Waals surface area contributed by atoms with E-state index in [4.69, 9.17) is 9.15 Å². The summed E-state index contributed by atoms with van der Waals surface area (Å²) < 4.78 is 12.7. The van der Waals surface area contributed by atoms with Crippen LogP contribution in [0.2, 0.25) is 0 Å². The normalized spacial score (nSPS) is 12.0. The number of ether oxygens (including phenoxy) is 1. The van der Waals surface area contributed by atoms with Gasteiger partial charge in [-0.25, -0.2) is 4.79 Å². The summed E-state index contributed by atoms with van der Waals surface area (Å²) in [5.41, 5.74) is 2.16. The van der Waals surface area contributed by atoms with Crippen LogP contribution in [0.4, 0.5) is 0 Å². The molecule has 1 atom stereocenters. The summed E-state index contributed by atoms with van der Waals surface area (Å²) in [7, 11) is 0. The first-order valence-electron chi connectivity index (χ1n) is 8.66. The smallest absolute Gasteiger partial charge is 0.340 e. The monoisotopic (exact) mass is 386 g/mol. The van der Waals surface area contributed by atoms with Crippen LogP contribution in [-0.2, 0) is 22.6 Å². The molecule has 0 aromatic carbocycles. The predicted octanol–water partition coefficient (Wildman–Crippen LogP) is 3.67. The van der Waals surface area contributed by atoms with Crippen LogP contribution in [0.25, 0.3) is 0 Å². The van der Waals surface area contributed by atoms with Gasteiger partial charge in [-0.05, 0) is 50.4 Å². The minimum Gasteiger partial charge on any atom is -0.467 e. The molecule has 0 spiro atoms. The van der Waals surface area contributed by atoms with Gasteiger partial charge in [0.15, 0.2) is 6.10 Å². The molecule has 3 aromatic rings. The highest BCUT2D eigenvalue weighted by molar-refractivity contribution is 7.09. The topological polar surface area (TPSA) is 73.5 Å². The zero-order valence-electron chi connectivity index (χ0n) is 15.5. The van der Waals surface area contributed by atoms with E-state index in [0.29, 0.717) is 18.7 Å². The van der Waals surface area contributed by atoms with Crippen molar-refractivity contribution in [2.45, 2.75) is 40.0 Å². The van der Waals surface area contributed by atoms with E-state index in [9.17, 15) is 9.59 Å². The van der Waals surface area contributed by atoms with Crippen LogP contribution in [-0.4, -0.2) is 22.5 Å². The van der Waals surface area contributed by atoms with E-state index in [1.165, 1.54) is 0 Å². The van der Waals surface area contributed by atoms with E-state index in [1.54, 1.807) is 30.6 Å². The molecule has 27 heavy (non-hydrogen) atoms. The Balaban J connectivity index is 1.62. The fraction of sp³-hybridized carbons (Fsp3) is 0.300. The lowest BCUT2D eigenvalue weighted by Crippen LogP contribution is -2.35. The molecule has 7 heteroatoms. The van der Waals surface area contributed by atoms with Crippen LogP contribution in [0.5, 0.6) is 0 Å². The number of furan rings is 1. The van der Waals surface area contributed by atoms with Gasteiger partial charge in [-0.3, -0.25) is 4.79 Å². The maximum atomic E-state index is 12.5. The van der Waals surface area contributed by atoms with Gasteiger partial charge in [0, 0.05) is 16.3 Å². The molecule has 6 nitrogen and oxygen atoms in total. The van der Waals surface area contributed by atoms with E-state index in [0.717, 1.165) is 22.0 Å². The number of amides is 1. The van der Waals surface area contributed by atoms with Crippen LogP contribution in [0.3, 0.4) is 0 Å². The van der Waals surface area contributed by atoms with Crippen molar-refractivity contribution in [3.05, 3.63) is 69.6 Å². The third-order valence-electron chi connectivity index (χ3n) is 4.36. The van der Waals surface area contributed by atoms with E-state index in [-0.39, 0.29) is 5.91 Å². The van der Waals surface area contributed by atoms with Gasteiger partial charge >= 0.3 is 5.97 Å².